The van der Waals surface area contributed by atoms with Crippen molar-refractivity contribution in [3.05, 3.63) is 65.2 Å². The van der Waals surface area contributed by atoms with E-state index in [-0.39, 0.29) is 0 Å². The molecular weight excluding hydrogens is 236 g/mol. The third-order valence-corrected chi connectivity index (χ3v) is 3.27. The topological polar surface area (TPSA) is 29.5 Å². The van der Waals surface area contributed by atoms with Crippen LogP contribution in [0.1, 0.15) is 29.2 Å². The third-order valence-electron chi connectivity index (χ3n) is 3.27. The lowest BCUT2D eigenvalue weighted by Gasteiger charge is -2.12. The van der Waals surface area contributed by atoms with Gasteiger partial charge in [0.25, 0.3) is 0 Å². The molecule has 0 fully saturated rings. The van der Waals surface area contributed by atoms with Crippen molar-refractivity contribution in [3.8, 4) is 5.75 Å². The van der Waals surface area contributed by atoms with Crippen LogP contribution in [0.3, 0.4) is 0 Å². The molecule has 0 bridgehead atoms. The molecule has 2 aromatic carbocycles. The molecule has 1 N–H and O–H groups in total. The summed E-state index contributed by atoms with van der Waals surface area (Å²) in [6.07, 6.45) is 1.15. The van der Waals surface area contributed by atoms with Crippen molar-refractivity contribution >= 4 is 0 Å². The first-order valence-corrected chi connectivity index (χ1v) is 6.56. The Labute approximate surface area is 114 Å². The highest BCUT2D eigenvalue weighted by Gasteiger charge is 2.08. The van der Waals surface area contributed by atoms with Gasteiger partial charge in [0.1, 0.15) is 5.75 Å². The minimum Gasteiger partial charge on any atom is -0.497 e. The molecule has 2 aromatic rings. The van der Waals surface area contributed by atoms with E-state index in [0.717, 1.165) is 24.2 Å². The van der Waals surface area contributed by atoms with Crippen LogP contribution in [-0.2, 0) is 6.42 Å². The van der Waals surface area contributed by atoms with Gasteiger partial charge in [-0.25, -0.2) is 0 Å². The summed E-state index contributed by atoms with van der Waals surface area (Å²) in [5, 5.41) is 10.2. The first kappa shape index (κ1) is 13.6. The zero-order valence-electron chi connectivity index (χ0n) is 11.5. The molecule has 0 amide bonds. The van der Waals surface area contributed by atoms with E-state index < -0.39 is 6.10 Å². The van der Waals surface area contributed by atoms with Gasteiger partial charge in [0.2, 0.25) is 0 Å². The second-order valence-corrected chi connectivity index (χ2v) is 4.82. The van der Waals surface area contributed by atoms with Crippen LogP contribution in [0.4, 0.5) is 0 Å². The molecule has 0 aromatic heterocycles. The number of aliphatic hydroxyl groups is 1. The number of aryl methyl sites for hydroxylation is 2. The van der Waals surface area contributed by atoms with E-state index in [1.54, 1.807) is 7.11 Å². The highest BCUT2D eigenvalue weighted by atomic mass is 16.5. The van der Waals surface area contributed by atoms with Crippen LogP contribution in [0.5, 0.6) is 5.75 Å². The second-order valence-electron chi connectivity index (χ2n) is 4.82. The largest absolute Gasteiger partial charge is 0.497 e. The normalized spacial score (nSPS) is 12.2. The monoisotopic (exact) mass is 256 g/mol. The van der Waals surface area contributed by atoms with Crippen LogP contribution in [0.2, 0.25) is 0 Å². The number of hydrogen-bond acceptors (Lipinski definition) is 2. The SMILES string of the molecule is COc1cccc(C(O)CCc2cccc(C)c2)c1. The molecule has 2 heteroatoms. The summed E-state index contributed by atoms with van der Waals surface area (Å²) in [4.78, 5) is 0. The second kappa shape index (κ2) is 6.39. The van der Waals surface area contributed by atoms with E-state index in [0.29, 0.717) is 0 Å². The number of ether oxygens (including phenoxy) is 1. The lowest BCUT2D eigenvalue weighted by molar-refractivity contribution is 0.167. The van der Waals surface area contributed by atoms with Crippen LogP contribution in [-0.4, -0.2) is 12.2 Å². The fourth-order valence-corrected chi connectivity index (χ4v) is 2.19. The van der Waals surface area contributed by atoms with Gasteiger partial charge in [-0.2, -0.15) is 0 Å². The molecule has 2 rings (SSSR count). The van der Waals surface area contributed by atoms with Gasteiger partial charge in [-0.15, -0.1) is 0 Å². The molecule has 0 aliphatic carbocycles. The maximum absolute atomic E-state index is 10.2. The Morgan fingerprint density at radius 3 is 2.63 bits per heavy atom. The molecule has 19 heavy (non-hydrogen) atoms. The standard InChI is InChI=1S/C17H20O2/c1-13-5-3-6-14(11-13)9-10-17(18)15-7-4-8-16(12-15)19-2/h3-8,11-12,17-18H,9-10H2,1-2H3. The molecule has 0 spiro atoms. The average Bonchev–Trinajstić information content (AvgIpc) is 2.45. The van der Waals surface area contributed by atoms with Gasteiger partial charge in [-0.1, -0.05) is 42.0 Å². The molecule has 0 heterocycles. The summed E-state index contributed by atoms with van der Waals surface area (Å²) in [5.41, 5.74) is 3.43. The predicted molar refractivity (Wildman–Crippen MR) is 77.5 cm³/mol. The van der Waals surface area contributed by atoms with Gasteiger partial charge in [-0.05, 0) is 43.0 Å². The fourth-order valence-electron chi connectivity index (χ4n) is 2.19. The Balaban J connectivity index is 1.99. The Morgan fingerprint density at radius 1 is 1.11 bits per heavy atom. The first-order chi connectivity index (χ1) is 9.19. The van der Waals surface area contributed by atoms with Crippen molar-refractivity contribution in [1.29, 1.82) is 0 Å². The number of aliphatic hydroxyl groups excluding tert-OH is 1. The maximum atomic E-state index is 10.2. The molecule has 2 nitrogen and oxygen atoms in total. The Bertz CT molecular complexity index is 534. The van der Waals surface area contributed by atoms with Crippen LogP contribution >= 0.6 is 0 Å². The summed E-state index contributed by atoms with van der Waals surface area (Å²) in [5.74, 6) is 0.784. The van der Waals surface area contributed by atoms with Crippen LogP contribution in [0.15, 0.2) is 48.5 Å². The molecule has 100 valence electrons. The number of methoxy groups -OCH3 is 1. The summed E-state index contributed by atoms with van der Waals surface area (Å²) in [7, 11) is 1.64. The zero-order valence-corrected chi connectivity index (χ0v) is 11.5. The van der Waals surface area contributed by atoms with E-state index in [1.807, 2.05) is 24.3 Å². The summed E-state index contributed by atoms with van der Waals surface area (Å²) >= 11 is 0. The van der Waals surface area contributed by atoms with Crippen molar-refractivity contribution in [2.45, 2.75) is 25.9 Å². The molecule has 0 saturated carbocycles. The zero-order chi connectivity index (χ0) is 13.7. The quantitative estimate of drug-likeness (QED) is 0.884. The minimum atomic E-state index is -0.449. The fraction of sp³-hybridized carbons (Fsp3) is 0.294. The Kier molecular flexibility index (Phi) is 4.58. The van der Waals surface area contributed by atoms with Gasteiger partial charge in [0.15, 0.2) is 0 Å². The van der Waals surface area contributed by atoms with Crippen molar-refractivity contribution < 1.29 is 9.84 Å². The summed E-state index contributed by atoms with van der Waals surface area (Å²) < 4.78 is 5.17. The Morgan fingerprint density at radius 2 is 1.89 bits per heavy atom. The maximum Gasteiger partial charge on any atom is 0.119 e. The lowest BCUT2D eigenvalue weighted by Crippen LogP contribution is -2.00. The van der Waals surface area contributed by atoms with Crippen LogP contribution in [0.25, 0.3) is 0 Å². The molecule has 1 atom stereocenters. The van der Waals surface area contributed by atoms with E-state index in [9.17, 15) is 5.11 Å². The van der Waals surface area contributed by atoms with Crippen LogP contribution in [0, 0.1) is 6.92 Å². The molecular formula is C17H20O2. The smallest absolute Gasteiger partial charge is 0.119 e. The minimum absolute atomic E-state index is 0.449. The van der Waals surface area contributed by atoms with Gasteiger partial charge >= 0.3 is 0 Å². The summed E-state index contributed by atoms with van der Waals surface area (Å²) in [6, 6.07) is 16.0. The van der Waals surface area contributed by atoms with Crippen LogP contribution < -0.4 is 4.74 Å². The first-order valence-electron chi connectivity index (χ1n) is 6.56. The molecule has 0 aliphatic rings. The highest BCUT2D eigenvalue weighted by Crippen LogP contribution is 2.23. The highest BCUT2D eigenvalue weighted by molar-refractivity contribution is 5.30. The Hall–Kier alpha value is -1.80. The summed E-state index contributed by atoms with van der Waals surface area (Å²) in [6.45, 7) is 2.09. The van der Waals surface area contributed by atoms with Crippen molar-refractivity contribution in [2.75, 3.05) is 7.11 Å². The van der Waals surface area contributed by atoms with E-state index in [4.69, 9.17) is 4.74 Å². The molecule has 0 aliphatic heterocycles. The number of rotatable bonds is 5. The third kappa shape index (κ3) is 3.83. The van der Waals surface area contributed by atoms with E-state index in [2.05, 4.69) is 31.2 Å². The number of hydrogen-bond donors (Lipinski definition) is 1. The van der Waals surface area contributed by atoms with Crippen molar-refractivity contribution in [1.82, 2.24) is 0 Å². The molecule has 0 radical (unpaired) electrons. The number of benzene rings is 2. The van der Waals surface area contributed by atoms with Gasteiger partial charge in [-0.3, -0.25) is 0 Å². The van der Waals surface area contributed by atoms with E-state index in [1.165, 1.54) is 11.1 Å². The molecule has 0 saturated heterocycles. The molecule has 1 unspecified atom stereocenters. The predicted octanol–water partition coefficient (Wildman–Crippen LogP) is 3.67. The van der Waals surface area contributed by atoms with E-state index >= 15 is 0 Å². The van der Waals surface area contributed by atoms with Gasteiger partial charge < -0.3 is 9.84 Å². The van der Waals surface area contributed by atoms with Crippen molar-refractivity contribution in [2.24, 2.45) is 0 Å². The average molecular weight is 256 g/mol. The lowest BCUT2D eigenvalue weighted by atomic mass is 10.0. The van der Waals surface area contributed by atoms with Crippen molar-refractivity contribution in [3.63, 3.8) is 0 Å². The van der Waals surface area contributed by atoms with Gasteiger partial charge in [0.05, 0.1) is 13.2 Å². The van der Waals surface area contributed by atoms with Gasteiger partial charge in [0, 0.05) is 0 Å².